The number of benzene rings is 2. The fourth-order valence-electron chi connectivity index (χ4n) is 8.74. The Morgan fingerprint density at radius 2 is 1.87 bits per heavy atom. The molecule has 3 aliphatic carbocycles. The van der Waals surface area contributed by atoms with Crippen molar-refractivity contribution in [3.8, 4) is 11.5 Å². The maximum atomic E-state index is 13.8. The largest absolute Gasteiger partial charge is 0.508 e. The van der Waals surface area contributed by atoms with Crippen molar-refractivity contribution in [1.82, 2.24) is 0 Å². The van der Waals surface area contributed by atoms with Gasteiger partial charge in [-0.2, -0.15) is 0 Å². The van der Waals surface area contributed by atoms with Crippen molar-refractivity contribution in [2.45, 2.75) is 75.3 Å². The fraction of sp³-hybridized carbons (Fsp3) is 0.459. The third kappa shape index (κ3) is 4.51. The number of phenolic OH excluding ortho intramolecular Hbond substituents is 1. The van der Waals surface area contributed by atoms with Crippen LogP contribution in [0.25, 0.3) is 0 Å². The predicted octanol–water partition coefficient (Wildman–Crippen LogP) is 4.74. The van der Waals surface area contributed by atoms with E-state index in [1.807, 2.05) is 49.4 Å². The number of esters is 1. The third-order valence-corrected chi connectivity index (χ3v) is 10.7. The number of carbonyl (C=O) groups is 2. The summed E-state index contributed by atoms with van der Waals surface area (Å²) in [5, 5.41) is 22.4. The second-order valence-electron chi connectivity index (χ2n) is 13.7. The van der Waals surface area contributed by atoms with Gasteiger partial charge in [-0.25, -0.2) is 0 Å². The van der Waals surface area contributed by atoms with Gasteiger partial charge in [0.15, 0.2) is 5.78 Å². The summed E-state index contributed by atoms with van der Waals surface area (Å²) in [5.41, 5.74) is -0.353. The van der Waals surface area contributed by atoms with Gasteiger partial charge in [0, 0.05) is 24.3 Å². The van der Waals surface area contributed by atoms with Crippen molar-refractivity contribution in [2.75, 3.05) is 13.7 Å². The first-order valence-corrected chi connectivity index (χ1v) is 15.8. The molecule has 46 heavy (non-hydrogen) atoms. The smallest absolute Gasteiger partial charge is 0.310 e. The molecule has 2 N–H and O–H groups in total. The molecule has 1 unspecified atom stereocenters. The molecule has 1 saturated carbocycles. The van der Waals surface area contributed by atoms with Gasteiger partial charge in [-0.05, 0) is 66.2 Å². The Labute approximate surface area is 268 Å². The van der Waals surface area contributed by atoms with Gasteiger partial charge in [-0.3, -0.25) is 9.59 Å². The second-order valence-corrected chi connectivity index (χ2v) is 13.7. The number of phenols is 1. The van der Waals surface area contributed by atoms with Crippen LogP contribution in [0.4, 0.5) is 0 Å². The molecular formula is C37H40O9. The maximum Gasteiger partial charge on any atom is 0.310 e. The molecule has 9 heteroatoms. The van der Waals surface area contributed by atoms with Crippen molar-refractivity contribution >= 4 is 11.8 Å². The van der Waals surface area contributed by atoms with Crippen molar-refractivity contribution in [3.63, 3.8) is 0 Å². The van der Waals surface area contributed by atoms with Gasteiger partial charge in [0.25, 0.3) is 5.97 Å². The van der Waals surface area contributed by atoms with E-state index in [4.69, 9.17) is 23.7 Å². The Morgan fingerprint density at radius 1 is 1.11 bits per heavy atom. The molecule has 2 aromatic rings. The number of rotatable bonds is 8. The van der Waals surface area contributed by atoms with Gasteiger partial charge in [-0.1, -0.05) is 56.0 Å². The Hall–Kier alpha value is -3.76. The fourth-order valence-corrected chi connectivity index (χ4v) is 8.74. The molecule has 2 aromatic carbocycles. The number of hydrogen-bond donors (Lipinski definition) is 2. The molecule has 5 aliphatic rings. The Morgan fingerprint density at radius 3 is 2.59 bits per heavy atom. The molecular weight excluding hydrogens is 588 g/mol. The van der Waals surface area contributed by atoms with Gasteiger partial charge >= 0.3 is 5.97 Å². The molecule has 2 heterocycles. The van der Waals surface area contributed by atoms with Crippen LogP contribution in [-0.4, -0.2) is 64.6 Å². The van der Waals surface area contributed by atoms with Gasteiger partial charge in [0.05, 0.1) is 25.6 Å². The van der Waals surface area contributed by atoms with Crippen molar-refractivity contribution in [3.05, 3.63) is 95.1 Å². The zero-order valence-electron chi connectivity index (χ0n) is 26.6. The normalized spacial score (nSPS) is 37.1. The van der Waals surface area contributed by atoms with Gasteiger partial charge < -0.3 is 33.9 Å². The summed E-state index contributed by atoms with van der Waals surface area (Å²) in [4.78, 5) is 26.8. The Balaban J connectivity index is 1.27. The Bertz CT molecular complexity index is 1680. The Kier molecular flexibility index (Phi) is 7.14. The molecule has 8 atom stereocenters. The van der Waals surface area contributed by atoms with Gasteiger partial charge in [-0.15, -0.1) is 0 Å². The number of fused-ring (bicyclic) bond motifs is 2. The lowest BCUT2D eigenvalue weighted by Gasteiger charge is -2.59. The molecule has 242 valence electrons. The van der Waals surface area contributed by atoms with E-state index in [9.17, 15) is 19.8 Å². The molecule has 2 aliphatic heterocycles. The van der Waals surface area contributed by atoms with E-state index in [0.717, 1.165) is 11.1 Å². The van der Waals surface area contributed by atoms with Crippen LogP contribution in [0.1, 0.15) is 44.7 Å². The van der Waals surface area contributed by atoms with E-state index < -0.39 is 46.7 Å². The number of hydrogen-bond acceptors (Lipinski definition) is 9. The first kappa shape index (κ1) is 30.9. The van der Waals surface area contributed by atoms with Crippen molar-refractivity contribution < 1.29 is 43.5 Å². The molecule has 0 aromatic heterocycles. The lowest BCUT2D eigenvalue weighted by molar-refractivity contribution is -0.421. The van der Waals surface area contributed by atoms with E-state index in [-0.39, 0.29) is 36.9 Å². The minimum Gasteiger partial charge on any atom is -0.508 e. The monoisotopic (exact) mass is 628 g/mol. The highest BCUT2D eigenvalue weighted by atomic mass is 16.9. The number of methoxy groups -OCH3 is 1. The summed E-state index contributed by atoms with van der Waals surface area (Å²) in [6.45, 7) is 9.96. The van der Waals surface area contributed by atoms with E-state index in [1.54, 1.807) is 13.0 Å². The first-order chi connectivity index (χ1) is 21.8. The number of Topliss-reactive ketones (excluding diaryl/α,β-unsaturated/α-hetero) is 1. The highest BCUT2D eigenvalue weighted by molar-refractivity contribution is 6.04. The van der Waals surface area contributed by atoms with Crippen LogP contribution in [0.2, 0.25) is 0 Å². The van der Waals surface area contributed by atoms with Crippen molar-refractivity contribution in [2.24, 2.45) is 17.8 Å². The zero-order chi connectivity index (χ0) is 32.6. The lowest BCUT2D eigenvalue weighted by atomic mass is 9.55. The minimum atomic E-state index is -1.81. The minimum absolute atomic E-state index is 0.0226. The van der Waals surface area contributed by atoms with E-state index in [2.05, 4.69) is 13.5 Å². The first-order valence-electron chi connectivity index (χ1n) is 15.8. The average molecular weight is 629 g/mol. The van der Waals surface area contributed by atoms with Crippen LogP contribution in [0, 0.1) is 17.8 Å². The van der Waals surface area contributed by atoms with Crippen LogP contribution in [0.15, 0.2) is 84.0 Å². The molecule has 3 bridgehead atoms. The topological polar surface area (TPSA) is 121 Å². The summed E-state index contributed by atoms with van der Waals surface area (Å²) < 4.78 is 31.8. The SMILES string of the molecule is C=C(C)[C@]12C[C@@H](C)[C@@]34O[C@](Cc5ccccc5)(O[C@@H]1C3C=C(COC(=O)Cc1cc(O)cc(OC)c1)C[C@]1(O)C(=O)C(C)=C[C@@H]41)O2. The molecule has 2 saturated heterocycles. The van der Waals surface area contributed by atoms with Gasteiger partial charge in [0.1, 0.15) is 35.4 Å². The number of ether oxygens (including phenoxy) is 5. The molecule has 0 radical (unpaired) electrons. The molecule has 0 spiro atoms. The summed E-state index contributed by atoms with van der Waals surface area (Å²) in [7, 11) is 1.48. The van der Waals surface area contributed by atoms with E-state index in [1.165, 1.54) is 19.2 Å². The molecule has 7 rings (SSSR count). The number of ketones is 1. The van der Waals surface area contributed by atoms with E-state index in [0.29, 0.717) is 35.3 Å². The zero-order valence-corrected chi connectivity index (χ0v) is 26.6. The van der Waals surface area contributed by atoms with Crippen LogP contribution in [0.3, 0.4) is 0 Å². The standard InChI is InChI=1S/C37H40O9/c1-21(2)35-17-23(4)37-29(33(35)44-36(45-35,46-37)19-24-9-7-6-8-10-24)14-26(18-34(41)30(37)11-22(3)32(34)40)20-43-31(39)15-25-12-27(38)16-28(13-25)42-5/h6-14,16,23,29-30,33,38,41H,1,15,17-20H2,2-5H3/t23-,29?,30-,33-,34-,35-,36-,37-/m1/s1. The number of carbonyl (C=O) groups excluding carboxylic acids is 2. The van der Waals surface area contributed by atoms with Gasteiger partial charge in [0.2, 0.25) is 0 Å². The number of aromatic hydroxyl groups is 1. The summed E-state index contributed by atoms with van der Waals surface area (Å²) >= 11 is 0. The summed E-state index contributed by atoms with van der Waals surface area (Å²) in [6.07, 6.45) is 4.06. The summed E-state index contributed by atoms with van der Waals surface area (Å²) in [6, 6.07) is 14.4. The van der Waals surface area contributed by atoms with Crippen LogP contribution in [0.5, 0.6) is 11.5 Å². The van der Waals surface area contributed by atoms with Crippen LogP contribution >= 0.6 is 0 Å². The summed E-state index contributed by atoms with van der Waals surface area (Å²) in [5.74, 6) is -3.25. The molecule has 0 amide bonds. The van der Waals surface area contributed by atoms with Crippen LogP contribution in [-0.2, 0) is 41.4 Å². The van der Waals surface area contributed by atoms with Crippen LogP contribution < -0.4 is 4.74 Å². The highest BCUT2D eigenvalue weighted by Crippen LogP contribution is 2.68. The quantitative estimate of drug-likeness (QED) is 0.315. The molecule has 3 fully saturated rings. The van der Waals surface area contributed by atoms with Crippen molar-refractivity contribution in [1.29, 1.82) is 0 Å². The second kappa shape index (κ2) is 10.6. The predicted molar refractivity (Wildman–Crippen MR) is 167 cm³/mol. The lowest BCUT2D eigenvalue weighted by Crippen LogP contribution is -2.70. The maximum absolute atomic E-state index is 13.8. The third-order valence-electron chi connectivity index (χ3n) is 10.7. The highest BCUT2D eigenvalue weighted by Gasteiger charge is 2.79. The van der Waals surface area contributed by atoms with E-state index >= 15 is 0 Å². The number of aliphatic hydroxyl groups is 1. The average Bonchev–Trinajstić information content (AvgIpc) is 3.31. The molecule has 9 nitrogen and oxygen atoms in total.